The molecule has 0 aliphatic rings. The highest BCUT2D eigenvalue weighted by Crippen LogP contribution is 2.29. The van der Waals surface area contributed by atoms with Crippen molar-refractivity contribution in [1.29, 1.82) is 0 Å². The Morgan fingerprint density at radius 1 is 1.27 bits per heavy atom. The van der Waals surface area contributed by atoms with Crippen LogP contribution >= 0.6 is 0 Å². The number of rotatable bonds is 6. The largest absolute Gasteiger partial charge is 0.385 e. The third kappa shape index (κ3) is 3.78. The molecular formula is C19H20N4O3. The van der Waals surface area contributed by atoms with Gasteiger partial charge in [-0.25, -0.2) is 0 Å². The van der Waals surface area contributed by atoms with E-state index in [1.165, 1.54) is 6.92 Å². The third-order valence-corrected chi connectivity index (χ3v) is 4.02. The molecule has 7 nitrogen and oxygen atoms in total. The summed E-state index contributed by atoms with van der Waals surface area (Å²) in [5, 5.41) is 14.0. The Balaban J connectivity index is 1.86. The summed E-state index contributed by atoms with van der Waals surface area (Å²) < 4.78 is 5.26. The lowest BCUT2D eigenvalue weighted by molar-refractivity contribution is 0.0784. The first kappa shape index (κ1) is 17.8. The van der Waals surface area contributed by atoms with Gasteiger partial charge in [-0.3, -0.25) is 14.8 Å². The van der Waals surface area contributed by atoms with Crippen molar-refractivity contribution in [2.75, 3.05) is 13.6 Å². The SMILES string of the molecule is CC(O)c1onc(-c2cccnc2)c1C(=O)N(C)CCc1ccccn1. The lowest BCUT2D eigenvalue weighted by Gasteiger charge is -2.17. The molecule has 0 bridgehead atoms. The van der Waals surface area contributed by atoms with E-state index in [2.05, 4.69) is 15.1 Å². The van der Waals surface area contributed by atoms with E-state index in [1.807, 2.05) is 18.2 Å². The highest BCUT2D eigenvalue weighted by Gasteiger charge is 2.28. The summed E-state index contributed by atoms with van der Waals surface area (Å²) in [6, 6.07) is 9.23. The molecule has 134 valence electrons. The highest BCUT2D eigenvalue weighted by atomic mass is 16.5. The van der Waals surface area contributed by atoms with Crippen LogP contribution in [-0.2, 0) is 6.42 Å². The average molecular weight is 352 g/mol. The molecule has 0 fully saturated rings. The van der Waals surface area contributed by atoms with Crippen LogP contribution in [0.3, 0.4) is 0 Å². The Morgan fingerprint density at radius 3 is 2.77 bits per heavy atom. The van der Waals surface area contributed by atoms with Gasteiger partial charge in [0, 0.05) is 49.9 Å². The quantitative estimate of drug-likeness (QED) is 0.733. The van der Waals surface area contributed by atoms with Gasteiger partial charge >= 0.3 is 0 Å². The minimum Gasteiger partial charge on any atom is -0.385 e. The standard InChI is InChI=1S/C19H20N4O3/c1-13(24)18-16(17(22-26-18)14-6-5-9-20-12-14)19(25)23(2)11-8-15-7-3-4-10-21-15/h3-7,9-10,12-13,24H,8,11H2,1-2H3. The zero-order chi connectivity index (χ0) is 18.5. The Kier molecular flexibility index (Phi) is 5.38. The van der Waals surface area contributed by atoms with Crippen LogP contribution in [0.1, 0.15) is 34.8 Å². The summed E-state index contributed by atoms with van der Waals surface area (Å²) >= 11 is 0. The normalized spacial score (nSPS) is 12.0. The van der Waals surface area contributed by atoms with Gasteiger partial charge in [-0.15, -0.1) is 0 Å². The fourth-order valence-electron chi connectivity index (χ4n) is 2.62. The minimum atomic E-state index is -0.948. The van der Waals surface area contributed by atoms with Gasteiger partial charge in [0.2, 0.25) is 0 Å². The summed E-state index contributed by atoms with van der Waals surface area (Å²) in [5.41, 5.74) is 2.20. The molecule has 1 atom stereocenters. The van der Waals surface area contributed by atoms with Gasteiger partial charge in [0.1, 0.15) is 17.4 Å². The predicted molar refractivity (Wildman–Crippen MR) is 95.3 cm³/mol. The third-order valence-electron chi connectivity index (χ3n) is 4.02. The molecule has 3 aromatic rings. The molecule has 0 aliphatic heterocycles. The number of hydrogen-bond acceptors (Lipinski definition) is 6. The van der Waals surface area contributed by atoms with Crippen molar-refractivity contribution in [3.05, 3.63) is 65.9 Å². The van der Waals surface area contributed by atoms with Crippen LogP contribution in [0.15, 0.2) is 53.4 Å². The van der Waals surface area contributed by atoms with E-state index in [-0.39, 0.29) is 17.2 Å². The minimum absolute atomic E-state index is 0.151. The van der Waals surface area contributed by atoms with Crippen molar-refractivity contribution < 1.29 is 14.4 Å². The molecule has 26 heavy (non-hydrogen) atoms. The molecule has 0 aliphatic carbocycles. The second kappa shape index (κ2) is 7.88. The number of nitrogens with zero attached hydrogens (tertiary/aromatic N) is 4. The highest BCUT2D eigenvalue weighted by molar-refractivity contribution is 6.00. The van der Waals surface area contributed by atoms with E-state index in [1.54, 1.807) is 42.7 Å². The van der Waals surface area contributed by atoms with E-state index < -0.39 is 6.10 Å². The van der Waals surface area contributed by atoms with Crippen molar-refractivity contribution in [1.82, 2.24) is 20.0 Å². The van der Waals surface area contributed by atoms with Gasteiger partial charge in [-0.05, 0) is 31.2 Å². The van der Waals surface area contributed by atoms with Crippen LogP contribution in [0.5, 0.6) is 0 Å². The topological polar surface area (TPSA) is 92.3 Å². The average Bonchev–Trinajstić information content (AvgIpc) is 3.12. The molecule has 1 unspecified atom stereocenters. The van der Waals surface area contributed by atoms with Gasteiger partial charge in [0.05, 0.1) is 0 Å². The molecule has 1 amide bonds. The zero-order valence-electron chi connectivity index (χ0n) is 14.7. The number of aliphatic hydroxyl groups excluding tert-OH is 1. The summed E-state index contributed by atoms with van der Waals surface area (Å²) in [6.45, 7) is 2.02. The van der Waals surface area contributed by atoms with E-state index in [4.69, 9.17) is 4.52 Å². The van der Waals surface area contributed by atoms with Gasteiger partial charge < -0.3 is 14.5 Å². The van der Waals surface area contributed by atoms with E-state index in [9.17, 15) is 9.90 Å². The lowest BCUT2D eigenvalue weighted by Crippen LogP contribution is -2.30. The summed E-state index contributed by atoms with van der Waals surface area (Å²) in [4.78, 5) is 22.9. The van der Waals surface area contributed by atoms with Crippen molar-refractivity contribution in [3.63, 3.8) is 0 Å². The Morgan fingerprint density at radius 2 is 2.12 bits per heavy atom. The Bertz CT molecular complexity index is 863. The van der Waals surface area contributed by atoms with Crippen molar-refractivity contribution >= 4 is 5.91 Å². The molecule has 0 saturated heterocycles. The fraction of sp³-hybridized carbons (Fsp3) is 0.263. The number of amides is 1. The maximum absolute atomic E-state index is 13.0. The van der Waals surface area contributed by atoms with Gasteiger partial charge in [-0.2, -0.15) is 0 Å². The number of aromatic nitrogens is 3. The predicted octanol–water partition coefficient (Wildman–Crippen LogP) is 2.50. The van der Waals surface area contributed by atoms with Crippen LogP contribution in [0.25, 0.3) is 11.3 Å². The molecule has 0 radical (unpaired) electrons. The van der Waals surface area contributed by atoms with Crippen LogP contribution in [0.4, 0.5) is 0 Å². The molecule has 1 N–H and O–H groups in total. The van der Waals surface area contributed by atoms with Crippen LogP contribution < -0.4 is 0 Å². The number of carbonyl (C=O) groups is 1. The van der Waals surface area contributed by atoms with Crippen LogP contribution in [-0.4, -0.2) is 44.6 Å². The molecular weight excluding hydrogens is 332 g/mol. The fourth-order valence-corrected chi connectivity index (χ4v) is 2.62. The summed E-state index contributed by atoms with van der Waals surface area (Å²) in [7, 11) is 1.71. The molecule has 3 heterocycles. The molecule has 3 aromatic heterocycles. The molecule has 3 rings (SSSR count). The smallest absolute Gasteiger partial charge is 0.259 e. The van der Waals surface area contributed by atoms with E-state index in [0.29, 0.717) is 24.2 Å². The Labute approximate surface area is 151 Å². The van der Waals surface area contributed by atoms with Gasteiger partial charge in [0.25, 0.3) is 5.91 Å². The first-order chi connectivity index (χ1) is 12.6. The number of aliphatic hydroxyl groups is 1. The molecule has 0 aromatic carbocycles. The van der Waals surface area contributed by atoms with Crippen molar-refractivity contribution in [2.24, 2.45) is 0 Å². The van der Waals surface area contributed by atoms with Crippen LogP contribution in [0, 0.1) is 0 Å². The van der Waals surface area contributed by atoms with Crippen molar-refractivity contribution in [2.45, 2.75) is 19.4 Å². The molecule has 0 saturated carbocycles. The van der Waals surface area contributed by atoms with E-state index >= 15 is 0 Å². The number of likely N-dealkylation sites (N-methyl/N-ethyl adjacent to an activating group) is 1. The lowest BCUT2D eigenvalue weighted by atomic mass is 10.0. The molecule has 7 heteroatoms. The monoisotopic (exact) mass is 352 g/mol. The molecule has 0 spiro atoms. The number of carbonyl (C=O) groups excluding carboxylic acids is 1. The second-order valence-electron chi connectivity index (χ2n) is 5.99. The van der Waals surface area contributed by atoms with Crippen molar-refractivity contribution in [3.8, 4) is 11.3 Å². The maximum atomic E-state index is 13.0. The Hall–Kier alpha value is -3.06. The van der Waals surface area contributed by atoms with E-state index in [0.717, 1.165) is 5.69 Å². The van der Waals surface area contributed by atoms with Crippen LogP contribution in [0.2, 0.25) is 0 Å². The summed E-state index contributed by atoms with van der Waals surface area (Å²) in [5.74, 6) is -0.115. The van der Waals surface area contributed by atoms with Gasteiger partial charge in [0.15, 0.2) is 5.76 Å². The second-order valence-corrected chi connectivity index (χ2v) is 5.99. The summed E-state index contributed by atoms with van der Waals surface area (Å²) in [6.07, 6.45) is 4.65. The number of pyridine rings is 2. The number of hydrogen-bond donors (Lipinski definition) is 1. The first-order valence-electron chi connectivity index (χ1n) is 8.31. The zero-order valence-corrected chi connectivity index (χ0v) is 14.7. The van der Waals surface area contributed by atoms with Gasteiger partial charge in [-0.1, -0.05) is 11.2 Å². The first-order valence-corrected chi connectivity index (χ1v) is 8.31. The maximum Gasteiger partial charge on any atom is 0.259 e.